The van der Waals surface area contributed by atoms with Crippen LogP contribution < -0.4 is 14.8 Å². The summed E-state index contributed by atoms with van der Waals surface area (Å²) in [5.41, 5.74) is 0.543. The van der Waals surface area contributed by atoms with E-state index in [1.807, 2.05) is 0 Å². The Bertz CT molecular complexity index is 1200. The van der Waals surface area contributed by atoms with Crippen molar-refractivity contribution in [2.24, 2.45) is 0 Å². The Kier molecular flexibility index (Phi) is 6.64. The summed E-state index contributed by atoms with van der Waals surface area (Å²) < 4.78 is 50.9. The lowest BCUT2D eigenvalue weighted by molar-refractivity contribution is -0.124. The van der Waals surface area contributed by atoms with E-state index in [0.29, 0.717) is 54.1 Å². The van der Waals surface area contributed by atoms with Gasteiger partial charge in [-0.25, -0.2) is 18.7 Å². The molecule has 180 valence electrons. The molecule has 5 rings (SSSR count). The standard InChI is InChI=1S/C23H23ClF2N4O4/c1-31-19-6-15-18(27-12-28-23(15)29-17-3-2-16(25)21(24)22(17)26)7-20(19)34-11-14-8-30-4-5-32-9-13(30)10-33-14/h2-3,6-7,12-14H,4-5,8-11H2,1H3,(H,27,28,29)/t13-,14+/m0/s1. The molecule has 0 saturated carbocycles. The number of nitrogens with zero attached hydrogens (tertiary/aromatic N) is 3. The maximum absolute atomic E-state index is 14.4. The van der Waals surface area contributed by atoms with Crippen molar-refractivity contribution in [1.29, 1.82) is 0 Å². The summed E-state index contributed by atoms with van der Waals surface area (Å²) in [6.07, 6.45) is 1.26. The molecule has 0 unspecified atom stereocenters. The first-order valence-electron chi connectivity index (χ1n) is 10.8. The molecule has 0 aliphatic carbocycles. The summed E-state index contributed by atoms with van der Waals surface area (Å²) in [6.45, 7) is 4.03. The van der Waals surface area contributed by atoms with Gasteiger partial charge in [-0.2, -0.15) is 0 Å². The average molecular weight is 493 g/mol. The smallest absolute Gasteiger partial charge is 0.168 e. The predicted octanol–water partition coefficient (Wildman–Crippen LogP) is 3.79. The van der Waals surface area contributed by atoms with E-state index in [1.165, 1.54) is 19.5 Å². The van der Waals surface area contributed by atoms with Gasteiger partial charge in [-0.05, 0) is 18.2 Å². The van der Waals surface area contributed by atoms with E-state index in [2.05, 4.69) is 20.2 Å². The molecule has 0 radical (unpaired) electrons. The highest BCUT2D eigenvalue weighted by Gasteiger charge is 2.31. The third kappa shape index (κ3) is 4.58. The van der Waals surface area contributed by atoms with Crippen LogP contribution in [0.5, 0.6) is 11.5 Å². The fourth-order valence-electron chi connectivity index (χ4n) is 4.11. The van der Waals surface area contributed by atoms with Crippen molar-refractivity contribution in [2.45, 2.75) is 12.1 Å². The molecule has 0 amide bonds. The summed E-state index contributed by atoms with van der Waals surface area (Å²) in [6, 6.07) is 6.06. The molecule has 34 heavy (non-hydrogen) atoms. The summed E-state index contributed by atoms with van der Waals surface area (Å²) >= 11 is 5.69. The van der Waals surface area contributed by atoms with E-state index in [-0.39, 0.29) is 11.8 Å². The fraction of sp³-hybridized carbons (Fsp3) is 0.391. The number of fused-ring (bicyclic) bond motifs is 2. The van der Waals surface area contributed by atoms with Gasteiger partial charge in [0, 0.05) is 24.5 Å². The normalized spacial score (nSPS) is 20.7. The molecule has 0 spiro atoms. The minimum absolute atomic E-state index is 0.0124. The molecule has 2 aliphatic rings. The average Bonchev–Trinajstić information content (AvgIpc) is 2.87. The number of hydrogen-bond donors (Lipinski definition) is 1. The number of benzene rings is 2. The van der Waals surface area contributed by atoms with Gasteiger partial charge >= 0.3 is 0 Å². The highest BCUT2D eigenvalue weighted by molar-refractivity contribution is 6.31. The first-order chi connectivity index (χ1) is 16.5. The molecule has 2 aromatic carbocycles. The van der Waals surface area contributed by atoms with E-state index in [9.17, 15) is 8.78 Å². The molecular formula is C23H23ClF2N4O4. The molecule has 2 fully saturated rings. The Morgan fingerprint density at radius 2 is 2.09 bits per heavy atom. The topological polar surface area (TPSA) is 78.0 Å². The summed E-state index contributed by atoms with van der Waals surface area (Å²) in [5.74, 6) is -0.473. The highest BCUT2D eigenvalue weighted by Crippen LogP contribution is 2.36. The van der Waals surface area contributed by atoms with Gasteiger partial charge in [0.15, 0.2) is 17.3 Å². The Hall–Kier alpha value is -2.79. The van der Waals surface area contributed by atoms with E-state index < -0.39 is 16.7 Å². The second-order valence-corrected chi connectivity index (χ2v) is 8.46. The number of anilines is 2. The van der Waals surface area contributed by atoms with Crippen LogP contribution in [0.1, 0.15) is 0 Å². The lowest BCUT2D eigenvalue weighted by atomic mass is 10.1. The maximum Gasteiger partial charge on any atom is 0.168 e. The van der Waals surface area contributed by atoms with Crippen molar-refractivity contribution in [1.82, 2.24) is 14.9 Å². The number of methoxy groups -OCH3 is 1. The number of rotatable bonds is 6. The van der Waals surface area contributed by atoms with Gasteiger partial charge in [0.1, 0.15) is 35.7 Å². The Morgan fingerprint density at radius 3 is 2.94 bits per heavy atom. The van der Waals surface area contributed by atoms with Crippen molar-refractivity contribution < 1.29 is 27.7 Å². The van der Waals surface area contributed by atoms with Crippen LogP contribution in [0.4, 0.5) is 20.3 Å². The number of halogens is 3. The monoisotopic (exact) mass is 492 g/mol. The van der Waals surface area contributed by atoms with Crippen molar-refractivity contribution in [3.8, 4) is 11.5 Å². The minimum atomic E-state index is -0.907. The zero-order valence-corrected chi connectivity index (χ0v) is 19.1. The molecule has 1 N–H and O–H groups in total. The second-order valence-electron chi connectivity index (χ2n) is 8.08. The van der Waals surface area contributed by atoms with Crippen LogP contribution >= 0.6 is 11.6 Å². The SMILES string of the molecule is COc1cc2c(Nc3ccc(F)c(Cl)c3F)ncnc2cc1OC[C@H]1CN2CCOC[C@H]2CO1. The third-order valence-electron chi connectivity index (χ3n) is 5.95. The Labute approximate surface area is 199 Å². The molecule has 1 aromatic heterocycles. The second kappa shape index (κ2) is 9.83. The van der Waals surface area contributed by atoms with Crippen LogP contribution in [0, 0.1) is 11.6 Å². The van der Waals surface area contributed by atoms with E-state index in [4.69, 9.17) is 30.5 Å². The molecule has 2 aliphatic heterocycles. The predicted molar refractivity (Wildman–Crippen MR) is 122 cm³/mol. The molecule has 0 bridgehead atoms. The van der Waals surface area contributed by atoms with Crippen LogP contribution in [0.15, 0.2) is 30.6 Å². The lowest BCUT2D eigenvalue weighted by Crippen LogP contribution is -2.56. The number of ether oxygens (including phenoxy) is 4. The maximum atomic E-state index is 14.4. The van der Waals surface area contributed by atoms with Gasteiger partial charge in [-0.15, -0.1) is 0 Å². The quantitative estimate of drug-likeness (QED) is 0.521. The number of hydrogen-bond acceptors (Lipinski definition) is 8. The number of aromatic nitrogens is 2. The van der Waals surface area contributed by atoms with E-state index in [0.717, 1.165) is 25.8 Å². The minimum Gasteiger partial charge on any atom is -0.493 e. The van der Waals surface area contributed by atoms with Crippen LogP contribution in [-0.4, -0.2) is 73.6 Å². The summed E-state index contributed by atoms with van der Waals surface area (Å²) in [7, 11) is 1.53. The van der Waals surface area contributed by atoms with Crippen molar-refractivity contribution >= 4 is 34.0 Å². The van der Waals surface area contributed by atoms with Gasteiger partial charge in [-0.1, -0.05) is 11.6 Å². The molecule has 3 heterocycles. The van der Waals surface area contributed by atoms with Gasteiger partial charge in [-0.3, -0.25) is 4.90 Å². The lowest BCUT2D eigenvalue weighted by Gasteiger charge is -2.41. The molecular weight excluding hydrogens is 470 g/mol. The first-order valence-corrected chi connectivity index (χ1v) is 11.2. The van der Waals surface area contributed by atoms with Crippen LogP contribution in [0.25, 0.3) is 10.9 Å². The zero-order valence-electron chi connectivity index (χ0n) is 18.4. The number of nitrogens with one attached hydrogen (secondary N) is 1. The summed E-state index contributed by atoms with van der Waals surface area (Å²) in [4.78, 5) is 10.9. The van der Waals surface area contributed by atoms with Gasteiger partial charge in [0.05, 0.1) is 44.2 Å². The van der Waals surface area contributed by atoms with E-state index in [1.54, 1.807) is 12.1 Å². The van der Waals surface area contributed by atoms with Gasteiger partial charge < -0.3 is 24.3 Å². The molecule has 3 aromatic rings. The highest BCUT2D eigenvalue weighted by atomic mass is 35.5. The van der Waals surface area contributed by atoms with Gasteiger partial charge in [0.25, 0.3) is 0 Å². The molecule has 2 atom stereocenters. The van der Waals surface area contributed by atoms with Crippen molar-refractivity contribution in [3.05, 3.63) is 47.2 Å². The molecule has 2 saturated heterocycles. The van der Waals surface area contributed by atoms with Crippen LogP contribution in [-0.2, 0) is 9.47 Å². The fourth-order valence-corrected chi connectivity index (χ4v) is 4.28. The zero-order chi connectivity index (χ0) is 23.7. The van der Waals surface area contributed by atoms with Gasteiger partial charge in [0.2, 0.25) is 0 Å². The summed E-state index contributed by atoms with van der Waals surface area (Å²) in [5, 5.41) is 2.83. The third-order valence-corrected chi connectivity index (χ3v) is 6.29. The first kappa shape index (κ1) is 23.0. The Balaban J connectivity index is 1.36. The van der Waals surface area contributed by atoms with Crippen LogP contribution in [0.3, 0.4) is 0 Å². The van der Waals surface area contributed by atoms with Crippen LogP contribution in [0.2, 0.25) is 5.02 Å². The largest absolute Gasteiger partial charge is 0.493 e. The Morgan fingerprint density at radius 1 is 1.21 bits per heavy atom. The number of morpholine rings is 2. The van der Waals surface area contributed by atoms with E-state index >= 15 is 0 Å². The van der Waals surface area contributed by atoms with Crippen molar-refractivity contribution in [2.75, 3.05) is 51.9 Å². The molecule has 11 heteroatoms. The molecule has 8 nitrogen and oxygen atoms in total. The van der Waals surface area contributed by atoms with Crippen molar-refractivity contribution in [3.63, 3.8) is 0 Å².